The molecule has 4 heteroatoms. The predicted molar refractivity (Wildman–Crippen MR) is 63.8 cm³/mol. The van der Waals surface area contributed by atoms with Crippen molar-refractivity contribution in [1.29, 1.82) is 0 Å². The highest BCUT2D eigenvalue weighted by atomic mass is 16.2. The quantitative estimate of drug-likeness (QED) is 0.745. The molecule has 2 N–H and O–H groups in total. The molecule has 16 heavy (non-hydrogen) atoms. The summed E-state index contributed by atoms with van der Waals surface area (Å²) in [5.41, 5.74) is 6.29. The Bertz CT molecular complexity index is 324. The summed E-state index contributed by atoms with van der Waals surface area (Å²) >= 11 is 0. The maximum atomic E-state index is 11.6. The van der Waals surface area contributed by atoms with Crippen LogP contribution >= 0.6 is 0 Å². The summed E-state index contributed by atoms with van der Waals surface area (Å²) in [5.74, 6) is 0.485. The molecule has 0 aromatic carbocycles. The molecule has 0 aliphatic carbocycles. The van der Waals surface area contributed by atoms with Crippen LogP contribution in [-0.2, 0) is 0 Å². The van der Waals surface area contributed by atoms with Crippen molar-refractivity contribution < 1.29 is 4.79 Å². The van der Waals surface area contributed by atoms with E-state index in [1.165, 1.54) is 0 Å². The Labute approximate surface area is 96.4 Å². The minimum atomic E-state index is -0.127. The first-order valence-electron chi connectivity index (χ1n) is 5.55. The van der Waals surface area contributed by atoms with Gasteiger partial charge in [0.15, 0.2) is 0 Å². The number of aromatic nitrogens is 1. The fraction of sp³-hybridized carbons (Fsp3) is 0.500. The smallest absolute Gasteiger partial charge is 0.265 e. The number of carbonyl (C=O) groups excluding carboxylic acids is 1. The van der Waals surface area contributed by atoms with E-state index < -0.39 is 0 Å². The average molecular weight is 221 g/mol. The van der Waals surface area contributed by atoms with Gasteiger partial charge in [0.05, 0.1) is 0 Å². The summed E-state index contributed by atoms with van der Waals surface area (Å²) in [6.07, 6.45) is 4.23. The van der Waals surface area contributed by atoms with Crippen LogP contribution < -0.4 is 10.9 Å². The summed E-state index contributed by atoms with van der Waals surface area (Å²) < 4.78 is 0. The number of hydrogen-bond donors (Lipinski definition) is 2. The fourth-order valence-corrected chi connectivity index (χ4v) is 1.53. The van der Waals surface area contributed by atoms with Crippen molar-refractivity contribution >= 4 is 5.91 Å². The van der Waals surface area contributed by atoms with Crippen molar-refractivity contribution in [1.82, 2.24) is 15.8 Å². The molecule has 1 rings (SSSR count). The van der Waals surface area contributed by atoms with Crippen LogP contribution in [0.5, 0.6) is 0 Å². The van der Waals surface area contributed by atoms with Crippen LogP contribution in [0.3, 0.4) is 0 Å². The normalized spacial score (nSPS) is 12.5. The number of nitrogens with zero attached hydrogens (tertiary/aromatic N) is 1. The molecular weight excluding hydrogens is 202 g/mol. The van der Waals surface area contributed by atoms with E-state index in [0.717, 1.165) is 6.42 Å². The van der Waals surface area contributed by atoms with Gasteiger partial charge in [-0.25, -0.2) is 5.43 Å². The maximum Gasteiger partial charge on any atom is 0.265 e. The fourth-order valence-electron chi connectivity index (χ4n) is 1.53. The first-order chi connectivity index (χ1) is 7.59. The van der Waals surface area contributed by atoms with Crippen LogP contribution in [0.1, 0.15) is 37.6 Å². The van der Waals surface area contributed by atoms with Gasteiger partial charge in [-0.15, -0.1) is 0 Å². The SMILES string of the molecule is CC(C)CC(C)NNC(=O)c1ccncc1. The summed E-state index contributed by atoms with van der Waals surface area (Å²) in [5, 5.41) is 0. The molecule has 4 nitrogen and oxygen atoms in total. The Morgan fingerprint density at radius 1 is 1.31 bits per heavy atom. The van der Waals surface area contributed by atoms with Crippen LogP contribution in [0.15, 0.2) is 24.5 Å². The molecule has 88 valence electrons. The molecule has 1 aromatic rings. The van der Waals surface area contributed by atoms with Gasteiger partial charge in [-0.2, -0.15) is 0 Å². The van der Waals surface area contributed by atoms with Gasteiger partial charge in [-0.1, -0.05) is 13.8 Å². The lowest BCUT2D eigenvalue weighted by Crippen LogP contribution is -2.43. The van der Waals surface area contributed by atoms with Crippen molar-refractivity contribution in [2.45, 2.75) is 33.2 Å². The van der Waals surface area contributed by atoms with Crippen molar-refractivity contribution in [3.8, 4) is 0 Å². The van der Waals surface area contributed by atoms with Crippen LogP contribution in [0.2, 0.25) is 0 Å². The van der Waals surface area contributed by atoms with Crippen molar-refractivity contribution in [3.05, 3.63) is 30.1 Å². The Kier molecular flexibility index (Phi) is 4.92. The van der Waals surface area contributed by atoms with Crippen LogP contribution in [0.4, 0.5) is 0 Å². The minimum absolute atomic E-state index is 0.127. The van der Waals surface area contributed by atoms with E-state index in [1.807, 2.05) is 6.92 Å². The van der Waals surface area contributed by atoms with Gasteiger partial charge in [0.25, 0.3) is 5.91 Å². The Balaban J connectivity index is 2.36. The molecule has 1 amide bonds. The molecule has 0 aliphatic rings. The highest BCUT2D eigenvalue weighted by molar-refractivity contribution is 5.93. The third kappa shape index (κ3) is 4.40. The molecular formula is C12H19N3O. The van der Waals surface area contributed by atoms with Gasteiger partial charge in [-0.3, -0.25) is 15.2 Å². The molecule has 0 saturated carbocycles. The van der Waals surface area contributed by atoms with Crippen molar-refractivity contribution in [2.24, 2.45) is 5.92 Å². The lowest BCUT2D eigenvalue weighted by atomic mass is 10.1. The topological polar surface area (TPSA) is 54.0 Å². The summed E-state index contributed by atoms with van der Waals surface area (Å²) in [6.45, 7) is 6.36. The zero-order valence-electron chi connectivity index (χ0n) is 10.0. The molecule has 0 radical (unpaired) electrons. The van der Waals surface area contributed by atoms with Gasteiger partial charge in [0, 0.05) is 24.0 Å². The second-order valence-electron chi connectivity index (χ2n) is 4.36. The molecule has 1 unspecified atom stereocenters. The van der Waals surface area contributed by atoms with E-state index in [1.54, 1.807) is 24.5 Å². The highest BCUT2D eigenvalue weighted by Gasteiger charge is 2.07. The monoisotopic (exact) mass is 221 g/mol. The molecule has 1 aromatic heterocycles. The molecule has 1 heterocycles. The van der Waals surface area contributed by atoms with Gasteiger partial charge >= 0.3 is 0 Å². The summed E-state index contributed by atoms with van der Waals surface area (Å²) in [4.78, 5) is 15.5. The van der Waals surface area contributed by atoms with Crippen LogP contribution in [0.25, 0.3) is 0 Å². The number of carbonyl (C=O) groups is 1. The molecule has 0 fully saturated rings. The van der Waals surface area contributed by atoms with E-state index in [9.17, 15) is 4.79 Å². The lowest BCUT2D eigenvalue weighted by Gasteiger charge is -2.16. The molecule has 1 atom stereocenters. The van der Waals surface area contributed by atoms with E-state index in [2.05, 4.69) is 29.7 Å². The van der Waals surface area contributed by atoms with E-state index in [4.69, 9.17) is 0 Å². The second-order valence-corrected chi connectivity index (χ2v) is 4.36. The van der Waals surface area contributed by atoms with Crippen LogP contribution in [0, 0.1) is 5.92 Å². The molecule has 0 aliphatic heterocycles. The Morgan fingerprint density at radius 3 is 2.50 bits per heavy atom. The average Bonchev–Trinajstić information content (AvgIpc) is 2.26. The highest BCUT2D eigenvalue weighted by Crippen LogP contribution is 2.03. The second kappa shape index (κ2) is 6.23. The van der Waals surface area contributed by atoms with E-state index in [0.29, 0.717) is 11.5 Å². The zero-order valence-corrected chi connectivity index (χ0v) is 10.0. The number of hydrazine groups is 1. The number of amides is 1. The number of nitrogens with one attached hydrogen (secondary N) is 2. The Hall–Kier alpha value is -1.42. The van der Waals surface area contributed by atoms with Crippen molar-refractivity contribution in [2.75, 3.05) is 0 Å². The molecule has 0 spiro atoms. The summed E-state index contributed by atoms with van der Waals surface area (Å²) in [6, 6.07) is 3.64. The first kappa shape index (κ1) is 12.6. The van der Waals surface area contributed by atoms with Gasteiger partial charge in [-0.05, 0) is 31.4 Å². The third-order valence-electron chi connectivity index (χ3n) is 2.20. The standard InChI is InChI=1S/C12H19N3O/c1-9(2)8-10(3)14-15-12(16)11-4-6-13-7-5-11/h4-7,9-10,14H,8H2,1-3H3,(H,15,16). The molecule has 0 bridgehead atoms. The largest absolute Gasteiger partial charge is 0.287 e. The zero-order chi connectivity index (χ0) is 12.0. The maximum absolute atomic E-state index is 11.6. The Morgan fingerprint density at radius 2 is 1.94 bits per heavy atom. The van der Waals surface area contributed by atoms with Crippen molar-refractivity contribution in [3.63, 3.8) is 0 Å². The number of pyridine rings is 1. The molecule has 0 saturated heterocycles. The number of hydrogen-bond acceptors (Lipinski definition) is 3. The van der Waals surface area contributed by atoms with Crippen LogP contribution in [-0.4, -0.2) is 16.9 Å². The summed E-state index contributed by atoms with van der Waals surface area (Å²) in [7, 11) is 0. The number of rotatable bonds is 5. The third-order valence-corrected chi connectivity index (χ3v) is 2.20. The van der Waals surface area contributed by atoms with E-state index >= 15 is 0 Å². The predicted octanol–water partition coefficient (Wildman–Crippen LogP) is 1.75. The van der Waals surface area contributed by atoms with E-state index in [-0.39, 0.29) is 11.9 Å². The first-order valence-corrected chi connectivity index (χ1v) is 5.55. The van der Waals surface area contributed by atoms with Gasteiger partial charge < -0.3 is 0 Å². The minimum Gasteiger partial charge on any atom is -0.287 e. The van der Waals surface area contributed by atoms with Gasteiger partial charge in [0.2, 0.25) is 0 Å². The lowest BCUT2D eigenvalue weighted by molar-refractivity contribution is 0.0924. The van der Waals surface area contributed by atoms with Gasteiger partial charge in [0.1, 0.15) is 0 Å².